The third-order valence-electron chi connectivity index (χ3n) is 3.13. The minimum atomic E-state index is -0.152. The number of ether oxygens (including phenoxy) is 1. The zero-order valence-electron chi connectivity index (χ0n) is 10.8. The van der Waals surface area contributed by atoms with Crippen molar-refractivity contribution >= 4 is 27.5 Å². The fourth-order valence-electron chi connectivity index (χ4n) is 2.23. The molecule has 0 spiro atoms. The number of aryl methyl sites for hydroxylation is 1. The standard InChI is InChI=1S/C13H13BrN4O2/c1-18-13(12(14)9(5-15)17-18)7-2-3-10-8(4-7)16-11(19)6-20-10/h2-4H,5-6,15H2,1H3,(H,16,19). The maximum atomic E-state index is 11.4. The molecular weight excluding hydrogens is 324 g/mol. The molecule has 6 nitrogen and oxygen atoms in total. The molecule has 104 valence electrons. The van der Waals surface area contributed by atoms with E-state index in [4.69, 9.17) is 10.5 Å². The summed E-state index contributed by atoms with van der Waals surface area (Å²) in [6.45, 7) is 0.415. The van der Waals surface area contributed by atoms with E-state index in [2.05, 4.69) is 26.3 Å². The quantitative estimate of drug-likeness (QED) is 0.873. The van der Waals surface area contributed by atoms with Crippen LogP contribution in [0, 0.1) is 0 Å². The summed E-state index contributed by atoms with van der Waals surface area (Å²) in [6.07, 6.45) is 0. The summed E-state index contributed by atoms with van der Waals surface area (Å²) in [6, 6.07) is 5.64. The number of aromatic nitrogens is 2. The van der Waals surface area contributed by atoms with Gasteiger partial charge in [-0.3, -0.25) is 9.48 Å². The normalized spacial score (nSPS) is 13.7. The zero-order chi connectivity index (χ0) is 14.3. The summed E-state index contributed by atoms with van der Waals surface area (Å²) in [7, 11) is 1.85. The molecule has 1 aliphatic rings. The van der Waals surface area contributed by atoms with Crippen molar-refractivity contribution in [2.75, 3.05) is 11.9 Å². The molecule has 0 fully saturated rings. The molecule has 3 N–H and O–H groups in total. The molecule has 2 heterocycles. The summed E-state index contributed by atoms with van der Waals surface area (Å²) < 4.78 is 7.98. The molecule has 1 aromatic carbocycles. The molecule has 1 aromatic heterocycles. The molecule has 0 unspecified atom stereocenters. The number of rotatable bonds is 2. The molecule has 20 heavy (non-hydrogen) atoms. The van der Waals surface area contributed by atoms with Crippen LogP contribution in [0.15, 0.2) is 22.7 Å². The van der Waals surface area contributed by atoms with E-state index in [1.54, 1.807) is 4.68 Å². The average molecular weight is 337 g/mol. The second-order valence-corrected chi connectivity index (χ2v) is 5.28. The van der Waals surface area contributed by atoms with Crippen molar-refractivity contribution in [2.24, 2.45) is 12.8 Å². The lowest BCUT2D eigenvalue weighted by atomic mass is 10.1. The average Bonchev–Trinajstić information content (AvgIpc) is 2.72. The Balaban J connectivity index is 2.09. The monoisotopic (exact) mass is 336 g/mol. The highest BCUT2D eigenvalue weighted by Crippen LogP contribution is 2.36. The van der Waals surface area contributed by atoms with Crippen molar-refractivity contribution in [1.82, 2.24) is 9.78 Å². The molecular formula is C13H13BrN4O2. The fourth-order valence-corrected chi connectivity index (χ4v) is 2.95. The number of carbonyl (C=O) groups is 1. The van der Waals surface area contributed by atoms with Crippen LogP contribution < -0.4 is 15.8 Å². The van der Waals surface area contributed by atoms with Gasteiger partial charge in [-0.2, -0.15) is 5.10 Å². The first-order chi connectivity index (χ1) is 9.60. The number of nitrogens with zero attached hydrogens (tertiary/aromatic N) is 2. The van der Waals surface area contributed by atoms with Crippen molar-refractivity contribution in [2.45, 2.75) is 6.54 Å². The number of carbonyl (C=O) groups excluding carboxylic acids is 1. The van der Waals surface area contributed by atoms with Crippen LogP contribution in [-0.4, -0.2) is 22.3 Å². The van der Waals surface area contributed by atoms with Crippen LogP contribution in [0.2, 0.25) is 0 Å². The Morgan fingerprint density at radius 3 is 3.05 bits per heavy atom. The predicted molar refractivity (Wildman–Crippen MR) is 78.4 cm³/mol. The molecule has 3 rings (SSSR count). The van der Waals surface area contributed by atoms with Crippen LogP contribution >= 0.6 is 15.9 Å². The van der Waals surface area contributed by atoms with Crippen LogP contribution in [0.4, 0.5) is 5.69 Å². The van der Waals surface area contributed by atoms with E-state index in [-0.39, 0.29) is 12.5 Å². The van der Waals surface area contributed by atoms with Gasteiger partial charge >= 0.3 is 0 Å². The molecule has 1 aliphatic heterocycles. The smallest absolute Gasteiger partial charge is 0.262 e. The van der Waals surface area contributed by atoms with Gasteiger partial charge in [-0.05, 0) is 34.1 Å². The van der Waals surface area contributed by atoms with Crippen LogP contribution in [0.25, 0.3) is 11.3 Å². The minimum Gasteiger partial charge on any atom is -0.482 e. The van der Waals surface area contributed by atoms with Crippen molar-refractivity contribution in [3.8, 4) is 17.0 Å². The number of hydrogen-bond donors (Lipinski definition) is 2. The van der Waals surface area contributed by atoms with Gasteiger partial charge in [-0.1, -0.05) is 0 Å². The van der Waals surface area contributed by atoms with E-state index < -0.39 is 0 Å². The number of halogens is 1. The summed E-state index contributed by atoms with van der Waals surface area (Å²) in [5.41, 5.74) is 8.95. The number of hydrogen-bond acceptors (Lipinski definition) is 4. The van der Waals surface area contributed by atoms with E-state index >= 15 is 0 Å². The Kier molecular flexibility index (Phi) is 3.23. The topological polar surface area (TPSA) is 82.2 Å². The number of benzene rings is 1. The lowest BCUT2D eigenvalue weighted by Gasteiger charge is -2.18. The molecule has 1 amide bonds. The van der Waals surface area contributed by atoms with Gasteiger partial charge in [-0.15, -0.1) is 0 Å². The van der Waals surface area contributed by atoms with E-state index in [0.717, 1.165) is 21.4 Å². The Morgan fingerprint density at radius 2 is 2.35 bits per heavy atom. The lowest BCUT2D eigenvalue weighted by molar-refractivity contribution is -0.118. The molecule has 7 heteroatoms. The first kappa shape index (κ1) is 13.1. The molecule has 0 saturated carbocycles. The van der Waals surface area contributed by atoms with Crippen molar-refractivity contribution in [3.63, 3.8) is 0 Å². The highest BCUT2D eigenvalue weighted by atomic mass is 79.9. The third kappa shape index (κ3) is 2.08. The SMILES string of the molecule is Cn1nc(CN)c(Br)c1-c1ccc2c(c1)NC(=O)CO2. The maximum Gasteiger partial charge on any atom is 0.262 e. The van der Waals surface area contributed by atoms with Crippen LogP contribution in [-0.2, 0) is 18.4 Å². The highest BCUT2D eigenvalue weighted by molar-refractivity contribution is 9.10. The number of anilines is 1. The predicted octanol–water partition coefficient (Wildman–Crippen LogP) is 1.64. The lowest BCUT2D eigenvalue weighted by Crippen LogP contribution is -2.25. The summed E-state index contributed by atoms with van der Waals surface area (Å²) >= 11 is 3.52. The number of nitrogens with two attached hydrogens (primary N) is 1. The summed E-state index contributed by atoms with van der Waals surface area (Å²) in [5.74, 6) is 0.520. The fraction of sp³-hybridized carbons (Fsp3) is 0.231. The first-order valence-electron chi connectivity index (χ1n) is 6.08. The molecule has 0 aliphatic carbocycles. The van der Waals surface area contributed by atoms with Gasteiger partial charge in [0, 0.05) is 19.2 Å². The van der Waals surface area contributed by atoms with Crippen LogP contribution in [0.3, 0.4) is 0 Å². The highest BCUT2D eigenvalue weighted by Gasteiger charge is 2.19. The van der Waals surface area contributed by atoms with Crippen molar-refractivity contribution < 1.29 is 9.53 Å². The Bertz CT molecular complexity index is 696. The first-order valence-corrected chi connectivity index (χ1v) is 6.88. The Morgan fingerprint density at radius 1 is 1.55 bits per heavy atom. The van der Waals surface area contributed by atoms with E-state index in [1.807, 2.05) is 25.2 Å². The number of nitrogens with one attached hydrogen (secondary N) is 1. The molecule has 0 saturated heterocycles. The van der Waals surface area contributed by atoms with Crippen LogP contribution in [0.1, 0.15) is 5.69 Å². The van der Waals surface area contributed by atoms with Gasteiger partial charge in [0.1, 0.15) is 5.75 Å². The summed E-state index contributed by atoms with van der Waals surface area (Å²) in [4.78, 5) is 11.4. The second-order valence-electron chi connectivity index (χ2n) is 4.48. The minimum absolute atomic E-state index is 0.0546. The van der Waals surface area contributed by atoms with E-state index in [0.29, 0.717) is 18.0 Å². The van der Waals surface area contributed by atoms with Gasteiger partial charge in [0.2, 0.25) is 0 Å². The molecule has 0 radical (unpaired) electrons. The van der Waals surface area contributed by atoms with Crippen LogP contribution in [0.5, 0.6) is 5.75 Å². The zero-order valence-corrected chi connectivity index (χ0v) is 12.4. The summed E-state index contributed by atoms with van der Waals surface area (Å²) in [5, 5.41) is 7.15. The van der Waals surface area contributed by atoms with E-state index in [1.165, 1.54) is 0 Å². The number of amides is 1. The maximum absolute atomic E-state index is 11.4. The molecule has 2 aromatic rings. The van der Waals surface area contributed by atoms with Gasteiger partial charge < -0.3 is 15.8 Å². The van der Waals surface area contributed by atoms with Gasteiger partial charge in [0.05, 0.1) is 21.5 Å². The van der Waals surface area contributed by atoms with Gasteiger partial charge in [-0.25, -0.2) is 0 Å². The van der Waals surface area contributed by atoms with Crippen molar-refractivity contribution in [3.05, 3.63) is 28.4 Å². The van der Waals surface area contributed by atoms with Gasteiger partial charge in [0.15, 0.2) is 6.61 Å². The van der Waals surface area contributed by atoms with Gasteiger partial charge in [0.25, 0.3) is 5.91 Å². The molecule has 0 atom stereocenters. The Labute approximate surface area is 124 Å². The van der Waals surface area contributed by atoms with Crippen molar-refractivity contribution in [1.29, 1.82) is 0 Å². The molecule has 0 bridgehead atoms. The van der Waals surface area contributed by atoms with E-state index in [9.17, 15) is 4.79 Å². The number of fused-ring (bicyclic) bond motifs is 1. The Hall–Kier alpha value is -1.86. The second kappa shape index (κ2) is 4.92. The third-order valence-corrected chi connectivity index (χ3v) is 3.97. The largest absolute Gasteiger partial charge is 0.482 e.